The second kappa shape index (κ2) is 5.53. The van der Waals surface area contributed by atoms with Crippen LogP contribution >= 0.6 is 0 Å². The van der Waals surface area contributed by atoms with Gasteiger partial charge in [-0.25, -0.2) is 0 Å². The lowest BCUT2D eigenvalue weighted by Crippen LogP contribution is -2.29. The second-order valence-electron chi connectivity index (χ2n) is 5.04. The highest BCUT2D eigenvalue weighted by atomic mass is 19.3. The molecule has 0 atom stereocenters. The summed E-state index contributed by atoms with van der Waals surface area (Å²) in [5, 5.41) is 0. The zero-order chi connectivity index (χ0) is 14.8. The van der Waals surface area contributed by atoms with Crippen molar-refractivity contribution in [2.75, 3.05) is 0 Å². The van der Waals surface area contributed by atoms with Gasteiger partial charge >= 0.3 is 5.92 Å². The Hall–Kier alpha value is -2.03. The topological polar surface area (TPSA) is 17.1 Å². The third-order valence-electron chi connectivity index (χ3n) is 3.17. The van der Waals surface area contributed by atoms with Gasteiger partial charge in [0.15, 0.2) is 0 Å². The van der Waals surface area contributed by atoms with E-state index in [1.807, 2.05) is 30.3 Å². The van der Waals surface area contributed by atoms with Crippen LogP contribution in [-0.4, -0.2) is 5.78 Å². The van der Waals surface area contributed by atoms with Gasteiger partial charge in [0.2, 0.25) is 5.78 Å². The van der Waals surface area contributed by atoms with Crippen LogP contribution < -0.4 is 0 Å². The molecule has 104 valence electrons. The van der Waals surface area contributed by atoms with Crippen LogP contribution in [0.3, 0.4) is 0 Å². The molecule has 0 heterocycles. The van der Waals surface area contributed by atoms with E-state index in [1.165, 1.54) is 26.0 Å². The molecule has 0 amide bonds. The Labute approximate surface area is 117 Å². The van der Waals surface area contributed by atoms with Crippen LogP contribution in [0.4, 0.5) is 8.78 Å². The molecular weight excluding hydrogens is 258 g/mol. The first-order valence-corrected chi connectivity index (χ1v) is 6.51. The summed E-state index contributed by atoms with van der Waals surface area (Å²) in [4.78, 5) is 11.7. The molecule has 0 unspecified atom stereocenters. The first-order chi connectivity index (χ1) is 9.43. The monoisotopic (exact) mass is 274 g/mol. The Balaban J connectivity index is 2.43. The summed E-state index contributed by atoms with van der Waals surface area (Å²) in [6, 6.07) is 15.3. The highest BCUT2D eigenvalue weighted by molar-refractivity contribution is 5.88. The van der Waals surface area contributed by atoms with E-state index < -0.39 is 17.6 Å². The standard InChI is InChI=1S/C17H16F2O/c1-12(2)16(20)17(18,19)15-10-6-9-14(11-15)13-7-4-3-5-8-13/h3-12H,1-2H3. The predicted octanol–water partition coefficient (Wildman–Crippen LogP) is 4.67. The molecule has 0 aliphatic carbocycles. The Kier molecular flexibility index (Phi) is 3.98. The van der Waals surface area contributed by atoms with Crippen molar-refractivity contribution < 1.29 is 13.6 Å². The molecule has 1 nitrogen and oxygen atoms in total. The van der Waals surface area contributed by atoms with Crippen LogP contribution in [0.1, 0.15) is 19.4 Å². The van der Waals surface area contributed by atoms with Crippen molar-refractivity contribution in [1.82, 2.24) is 0 Å². The molecule has 0 spiro atoms. The zero-order valence-corrected chi connectivity index (χ0v) is 11.4. The maximum absolute atomic E-state index is 14.1. The Bertz CT molecular complexity index is 603. The van der Waals surface area contributed by atoms with Gasteiger partial charge in [0, 0.05) is 11.5 Å². The summed E-state index contributed by atoms with van der Waals surface area (Å²) in [5.74, 6) is -5.20. The first kappa shape index (κ1) is 14.4. The summed E-state index contributed by atoms with van der Waals surface area (Å²) in [6.45, 7) is 2.97. The molecule has 0 bridgehead atoms. The minimum atomic E-state index is -3.45. The van der Waals surface area contributed by atoms with Crippen LogP contribution in [0, 0.1) is 5.92 Å². The molecule has 0 N–H and O–H groups in total. The number of halogens is 2. The van der Waals surface area contributed by atoms with Crippen LogP contribution in [0.2, 0.25) is 0 Å². The molecule has 0 saturated heterocycles. The maximum Gasteiger partial charge on any atom is 0.330 e. The van der Waals surface area contributed by atoms with Crippen molar-refractivity contribution in [3.63, 3.8) is 0 Å². The van der Waals surface area contributed by atoms with Gasteiger partial charge in [-0.3, -0.25) is 4.79 Å². The molecule has 0 fully saturated rings. The van der Waals surface area contributed by atoms with Gasteiger partial charge in [-0.15, -0.1) is 0 Å². The minimum absolute atomic E-state index is 0.252. The van der Waals surface area contributed by atoms with Crippen LogP contribution in [-0.2, 0) is 10.7 Å². The number of hydrogen-bond acceptors (Lipinski definition) is 1. The number of hydrogen-bond donors (Lipinski definition) is 0. The lowest BCUT2D eigenvalue weighted by atomic mass is 9.94. The minimum Gasteiger partial charge on any atom is -0.292 e. The molecular formula is C17H16F2O. The SMILES string of the molecule is CC(C)C(=O)C(F)(F)c1cccc(-c2ccccc2)c1. The molecule has 3 heteroatoms. The van der Waals surface area contributed by atoms with E-state index in [4.69, 9.17) is 0 Å². The number of carbonyl (C=O) groups excluding carboxylic acids is 1. The van der Waals surface area contributed by atoms with E-state index >= 15 is 0 Å². The first-order valence-electron chi connectivity index (χ1n) is 6.51. The van der Waals surface area contributed by atoms with E-state index in [1.54, 1.807) is 12.1 Å². The summed E-state index contributed by atoms with van der Waals surface area (Å²) in [6.07, 6.45) is 0. The van der Waals surface area contributed by atoms with Crippen molar-refractivity contribution >= 4 is 5.78 Å². The van der Waals surface area contributed by atoms with Gasteiger partial charge in [0.25, 0.3) is 0 Å². The zero-order valence-electron chi connectivity index (χ0n) is 11.4. The molecule has 0 aliphatic heterocycles. The van der Waals surface area contributed by atoms with Crippen molar-refractivity contribution in [3.05, 3.63) is 60.2 Å². The summed E-state index contributed by atoms with van der Waals surface area (Å²) >= 11 is 0. The van der Waals surface area contributed by atoms with Gasteiger partial charge < -0.3 is 0 Å². The van der Waals surface area contributed by atoms with Gasteiger partial charge in [0.1, 0.15) is 0 Å². The number of Topliss-reactive ketones (excluding diaryl/α,β-unsaturated/α-hetero) is 1. The smallest absolute Gasteiger partial charge is 0.292 e. The lowest BCUT2D eigenvalue weighted by molar-refractivity contribution is -0.147. The second-order valence-corrected chi connectivity index (χ2v) is 5.04. The normalized spacial score (nSPS) is 11.7. The van der Waals surface area contributed by atoms with Gasteiger partial charge in [-0.05, 0) is 17.2 Å². The summed E-state index contributed by atoms with van der Waals surface area (Å²) in [7, 11) is 0. The van der Waals surface area contributed by atoms with Crippen LogP contribution in [0.15, 0.2) is 54.6 Å². The van der Waals surface area contributed by atoms with Crippen molar-refractivity contribution in [2.24, 2.45) is 5.92 Å². The lowest BCUT2D eigenvalue weighted by Gasteiger charge is -2.18. The average molecular weight is 274 g/mol. The molecule has 2 rings (SSSR count). The predicted molar refractivity (Wildman–Crippen MR) is 75.6 cm³/mol. The third kappa shape index (κ3) is 2.77. The fraction of sp³-hybridized carbons (Fsp3) is 0.235. The Morgan fingerprint density at radius 2 is 1.55 bits per heavy atom. The fourth-order valence-corrected chi connectivity index (χ4v) is 2.03. The van der Waals surface area contributed by atoms with Gasteiger partial charge in [0.05, 0.1) is 0 Å². The third-order valence-corrected chi connectivity index (χ3v) is 3.17. The molecule has 2 aromatic rings. The molecule has 2 aromatic carbocycles. The van der Waals surface area contributed by atoms with E-state index in [-0.39, 0.29) is 5.56 Å². The number of ketones is 1. The number of carbonyl (C=O) groups is 1. The maximum atomic E-state index is 14.1. The quantitative estimate of drug-likeness (QED) is 0.791. The molecule has 0 radical (unpaired) electrons. The van der Waals surface area contributed by atoms with Crippen molar-refractivity contribution in [1.29, 1.82) is 0 Å². The van der Waals surface area contributed by atoms with Crippen molar-refractivity contribution in [2.45, 2.75) is 19.8 Å². The molecule has 20 heavy (non-hydrogen) atoms. The Morgan fingerprint density at radius 1 is 0.950 bits per heavy atom. The van der Waals surface area contributed by atoms with E-state index in [0.29, 0.717) is 5.56 Å². The summed E-state index contributed by atoms with van der Waals surface area (Å²) < 4.78 is 28.3. The molecule has 0 aliphatic rings. The highest BCUT2D eigenvalue weighted by Crippen LogP contribution is 2.33. The fourth-order valence-electron chi connectivity index (χ4n) is 2.03. The van der Waals surface area contributed by atoms with Crippen molar-refractivity contribution in [3.8, 4) is 11.1 Å². The van der Waals surface area contributed by atoms with Gasteiger partial charge in [-0.2, -0.15) is 8.78 Å². The number of alkyl halides is 2. The van der Waals surface area contributed by atoms with E-state index in [0.717, 1.165) is 5.56 Å². The van der Waals surface area contributed by atoms with Gasteiger partial charge in [-0.1, -0.05) is 62.4 Å². The van der Waals surface area contributed by atoms with Crippen LogP contribution in [0.5, 0.6) is 0 Å². The average Bonchev–Trinajstić information content (AvgIpc) is 2.47. The van der Waals surface area contributed by atoms with E-state index in [2.05, 4.69) is 0 Å². The number of rotatable bonds is 4. The summed E-state index contributed by atoms with van der Waals surface area (Å²) in [5.41, 5.74) is 1.28. The largest absolute Gasteiger partial charge is 0.330 e. The number of benzene rings is 2. The van der Waals surface area contributed by atoms with E-state index in [9.17, 15) is 13.6 Å². The molecule has 0 saturated carbocycles. The molecule has 0 aromatic heterocycles. The van der Waals surface area contributed by atoms with Crippen LogP contribution in [0.25, 0.3) is 11.1 Å². The Morgan fingerprint density at radius 3 is 2.15 bits per heavy atom. The highest BCUT2D eigenvalue weighted by Gasteiger charge is 2.41.